The van der Waals surface area contributed by atoms with Gasteiger partial charge in [-0.15, -0.1) is 10.2 Å². The summed E-state index contributed by atoms with van der Waals surface area (Å²) in [5.74, 6) is 2.59. The number of rotatable bonds is 5. The minimum atomic E-state index is 0.250. The van der Waals surface area contributed by atoms with Crippen LogP contribution in [0.4, 0.5) is 0 Å². The van der Waals surface area contributed by atoms with Crippen LogP contribution >= 0.6 is 0 Å². The molecular formula is C21H23N3O2. The Balaban J connectivity index is 1.69. The fourth-order valence-corrected chi connectivity index (χ4v) is 3.93. The van der Waals surface area contributed by atoms with Gasteiger partial charge in [-0.05, 0) is 36.2 Å². The highest BCUT2D eigenvalue weighted by molar-refractivity contribution is 5.35. The number of aryl methyl sites for hydroxylation is 1. The first-order chi connectivity index (χ1) is 12.7. The molecule has 5 nitrogen and oxygen atoms in total. The topological polar surface area (TPSA) is 51.4 Å². The Morgan fingerprint density at radius 2 is 1.88 bits per heavy atom. The quantitative estimate of drug-likeness (QED) is 0.693. The minimum Gasteiger partial charge on any atom is -0.497 e. The molecule has 0 radical (unpaired) electrons. The summed E-state index contributed by atoms with van der Waals surface area (Å²) in [6.07, 6.45) is 1.10. The van der Waals surface area contributed by atoms with Gasteiger partial charge in [0.15, 0.2) is 0 Å². The first kappa shape index (κ1) is 16.8. The van der Waals surface area contributed by atoms with Crippen molar-refractivity contribution in [2.75, 3.05) is 13.7 Å². The number of nitrogens with zero attached hydrogens (tertiary/aromatic N) is 3. The fourth-order valence-electron chi connectivity index (χ4n) is 3.93. The van der Waals surface area contributed by atoms with Gasteiger partial charge >= 0.3 is 0 Å². The van der Waals surface area contributed by atoms with E-state index in [0.29, 0.717) is 24.2 Å². The molecule has 0 saturated carbocycles. The lowest BCUT2D eigenvalue weighted by Crippen LogP contribution is -2.25. The van der Waals surface area contributed by atoms with Crippen molar-refractivity contribution in [2.45, 2.75) is 31.8 Å². The smallest absolute Gasteiger partial charge is 0.230 e. The highest BCUT2D eigenvalue weighted by Crippen LogP contribution is 2.44. The summed E-state index contributed by atoms with van der Waals surface area (Å²) in [4.78, 5) is 2.43. The number of benzene rings is 2. The Bertz CT molecular complexity index is 862. The summed E-state index contributed by atoms with van der Waals surface area (Å²) in [6, 6.07) is 19.3. The second-order valence-electron chi connectivity index (χ2n) is 6.71. The summed E-state index contributed by atoms with van der Waals surface area (Å²) >= 11 is 0. The highest BCUT2D eigenvalue weighted by atomic mass is 16.5. The van der Waals surface area contributed by atoms with Crippen LogP contribution in [0.5, 0.6) is 5.75 Å². The normalized spacial score (nSPS) is 20.4. The lowest BCUT2D eigenvalue weighted by atomic mass is 9.87. The number of hydrogen-bond donors (Lipinski definition) is 0. The van der Waals surface area contributed by atoms with Crippen LogP contribution in [-0.2, 0) is 6.54 Å². The van der Waals surface area contributed by atoms with Crippen molar-refractivity contribution >= 4 is 0 Å². The third-order valence-electron chi connectivity index (χ3n) is 5.07. The zero-order chi connectivity index (χ0) is 17.9. The van der Waals surface area contributed by atoms with Crippen molar-refractivity contribution in [3.8, 4) is 5.75 Å². The second kappa shape index (κ2) is 7.30. The molecule has 0 amide bonds. The van der Waals surface area contributed by atoms with Crippen LogP contribution in [0.3, 0.4) is 0 Å². The molecule has 0 aliphatic carbocycles. The molecule has 26 heavy (non-hydrogen) atoms. The van der Waals surface area contributed by atoms with Gasteiger partial charge < -0.3 is 9.15 Å². The van der Waals surface area contributed by atoms with Crippen LogP contribution in [0, 0.1) is 6.92 Å². The average Bonchev–Trinajstić information content (AvgIpc) is 3.29. The van der Waals surface area contributed by atoms with Gasteiger partial charge in [-0.3, -0.25) is 4.90 Å². The third kappa shape index (κ3) is 3.35. The van der Waals surface area contributed by atoms with E-state index >= 15 is 0 Å². The number of ether oxygens (including phenoxy) is 1. The van der Waals surface area contributed by atoms with Crippen molar-refractivity contribution in [3.05, 3.63) is 77.5 Å². The summed E-state index contributed by atoms with van der Waals surface area (Å²) in [6.45, 7) is 3.47. The Morgan fingerprint density at radius 1 is 1.08 bits per heavy atom. The van der Waals surface area contributed by atoms with E-state index in [1.807, 2.05) is 13.0 Å². The molecule has 4 rings (SSSR count). The molecule has 0 N–H and O–H groups in total. The SMILES string of the molecule is COc1cccc([C@H]2[C@@H](c3ccccc3)CCN2Cc2nnc(C)o2)c1. The van der Waals surface area contributed by atoms with Crippen molar-refractivity contribution < 1.29 is 9.15 Å². The standard InChI is InChI=1S/C21H23N3O2/c1-15-22-23-20(26-15)14-24-12-11-19(16-7-4-3-5-8-16)21(24)17-9-6-10-18(13-17)25-2/h3-10,13,19,21H,11-12,14H2,1-2H3/t19-,21+/m1/s1. The number of methoxy groups -OCH3 is 1. The van der Waals surface area contributed by atoms with E-state index in [4.69, 9.17) is 9.15 Å². The van der Waals surface area contributed by atoms with E-state index in [-0.39, 0.29) is 6.04 Å². The van der Waals surface area contributed by atoms with E-state index < -0.39 is 0 Å². The molecule has 0 bridgehead atoms. The molecule has 1 saturated heterocycles. The zero-order valence-electron chi connectivity index (χ0n) is 15.1. The molecule has 0 spiro atoms. The number of aromatic nitrogens is 2. The minimum absolute atomic E-state index is 0.250. The zero-order valence-corrected chi connectivity index (χ0v) is 15.1. The summed E-state index contributed by atoms with van der Waals surface area (Å²) < 4.78 is 11.1. The van der Waals surface area contributed by atoms with Crippen LogP contribution in [0.25, 0.3) is 0 Å². The monoisotopic (exact) mass is 349 g/mol. The van der Waals surface area contributed by atoms with Crippen LogP contribution < -0.4 is 4.74 Å². The van der Waals surface area contributed by atoms with E-state index in [1.165, 1.54) is 11.1 Å². The molecule has 2 heterocycles. The van der Waals surface area contributed by atoms with Crippen LogP contribution in [-0.4, -0.2) is 28.8 Å². The summed E-state index contributed by atoms with van der Waals surface area (Å²) in [5.41, 5.74) is 2.62. The number of hydrogen-bond acceptors (Lipinski definition) is 5. The number of likely N-dealkylation sites (tertiary alicyclic amines) is 1. The van der Waals surface area contributed by atoms with E-state index in [1.54, 1.807) is 7.11 Å². The first-order valence-electron chi connectivity index (χ1n) is 8.96. The predicted molar refractivity (Wildman–Crippen MR) is 99.0 cm³/mol. The molecule has 1 fully saturated rings. The van der Waals surface area contributed by atoms with Crippen LogP contribution in [0.15, 0.2) is 59.0 Å². The first-order valence-corrected chi connectivity index (χ1v) is 8.96. The molecular weight excluding hydrogens is 326 g/mol. The molecule has 3 aromatic rings. The Kier molecular flexibility index (Phi) is 4.71. The van der Waals surface area contributed by atoms with Gasteiger partial charge in [-0.25, -0.2) is 0 Å². The maximum atomic E-state index is 5.63. The van der Waals surface area contributed by atoms with Crippen LogP contribution in [0.2, 0.25) is 0 Å². The molecule has 1 aliphatic rings. The van der Waals surface area contributed by atoms with Crippen molar-refractivity contribution in [1.82, 2.24) is 15.1 Å². The van der Waals surface area contributed by atoms with Crippen LogP contribution in [0.1, 0.15) is 41.3 Å². The van der Waals surface area contributed by atoms with Gasteiger partial charge in [-0.1, -0.05) is 42.5 Å². The van der Waals surface area contributed by atoms with Gasteiger partial charge in [0.25, 0.3) is 0 Å². The third-order valence-corrected chi connectivity index (χ3v) is 5.07. The van der Waals surface area contributed by atoms with E-state index in [9.17, 15) is 0 Å². The lowest BCUT2D eigenvalue weighted by Gasteiger charge is -2.28. The Hall–Kier alpha value is -2.66. The molecule has 1 aromatic heterocycles. The van der Waals surface area contributed by atoms with Gasteiger partial charge in [0.2, 0.25) is 11.8 Å². The second-order valence-corrected chi connectivity index (χ2v) is 6.71. The fraction of sp³-hybridized carbons (Fsp3) is 0.333. The molecule has 1 aliphatic heterocycles. The Labute approximate surface area is 153 Å². The highest BCUT2D eigenvalue weighted by Gasteiger charge is 2.37. The van der Waals surface area contributed by atoms with Crippen molar-refractivity contribution in [3.63, 3.8) is 0 Å². The molecule has 2 atom stereocenters. The van der Waals surface area contributed by atoms with Gasteiger partial charge in [0.1, 0.15) is 5.75 Å². The average molecular weight is 349 g/mol. The molecule has 5 heteroatoms. The largest absolute Gasteiger partial charge is 0.497 e. The Morgan fingerprint density at radius 3 is 2.62 bits per heavy atom. The predicted octanol–water partition coefficient (Wildman–Crippen LogP) is 4.12. The molecule has 134 valence electrons. The maximum Gasteiger partial charge on any atom is 0.230 e. The van der Waals surface area contributed by atoms with Crippen molar-refractivity contribution in [1.29, 1.82) is 0 Å². The lowest BCUT2D eigenvalue weighted by molar-refractivity contribution is 0.214. The van der Waals surface area contributed by atoms with Crippen molar-refractivity contribution in [2.24, 2.45) is 0 Å². The molecule has 0 unspecified atom stereocenters. The summed E-state index contributed by atoms with van der Waals surface area (Å²) in [7, 11) is 1.71. The van der Waals surface area contributed by atoms with E-state index in [2.05, 4.69) is 63.6 Å². The van der Waals surface area contributed by atoms with Gasteiger partial charge in [0, 0.05) is 18.9 Å². The molecule has 2 aromatic carbocycles. The summed E-state index contributed by atoms with van der Waals surface area (Å²) in [5, 5.41) is 8.15. The van der Waals surface area contributed by atoms with E-state index in [0.717, 1.165) is 18.7 Å². The maximum absolute atomic E-state index is 5.63. The van der Waals surface area contributed by atoms with Gasteiger partial charge in [0.05, 0.1) is 13.7 Å². The van der Waals surface area contributed by atoms with Gasteiger partial charge in [-0.2, -0.15) is 0 Å².